The molecule has 0 aliphatic carbocycles. The minimum Gasteiger partial charge on any atom is -0.259 e. The zero-order valence-corrected chi connectivity index (χ0v) is 6.85. The van der Waals surface area contributed by atoms with E-state index in [9.17, 15) is 0 Å². The van der Waals surface area contributed by atoms with Crippen LogP contribution in [0, 0.1) is 0 Å². The van der Waals surface area contributed by atoms with Crippen molar-refractivity contribution in [3.05, 3.63) is 38.1 Å². The van der Waals surface area contributed by atoms with Crippen molar-refractivity contribution in [3.8, 4) is 0 Å². The minimum absolute atomic E-state index is 0.727. The lowest BCUT2D eigenvalue weighted by molar-refractivity contribution is 1.40. The lowest BCUT2D eigenvalue weighted by Gasteiger charge is -1.87. The monoisotopic (exact) mass is 137 g/mol. The van der Waals surface area contributed by atoms with Gasteiger partial charge in [-0.2, -0.15) is 0 Å². The van der Waals surface area contributed by atoms with Crippen LogP contribution < -0.4 is 0 Å². The van der Waals surface area contributed by atoms with Gasteiger partial charge in [-0.1, -0.05) is 13.2 Å². The van der Waals surface area contributed by atoms with Crippen molar-refractivity contribution in [1.29, 1.82) is 0 Å². The van der Waals surface area contributed by atoms with E-state index in [2.05, 4.69) is 31.3 Å². The second-order valence-corrected chi connectivity index (χ2v) is 1.75. The molecule has 0 aliphatic heterocycles. The maximum Gasteiger partial charge on any atom is 0.0551 e. The Labute approximate surface area is 63.5 Å². The van der Waals surface area contributed by atoms with Gasteiger partial charge in [0.25, 0.3) is 0 Å². The maximum absolute atomic E-state index is 4.00. The maximum atomic E-state index is 4.00. The predicted molar refractivity (Wildman–Crippen MR) is 49.4 cm³/mol. The van der Waals surface area contributed by atoms with Gasteiger partial charge in [0, 0.05) is 5.71 Å². The summed E-state index contributed by atoms with van der Waals surface area (Å²) in [5, 5.41) is 0. The molecular weight excluding hydrogens is 122 g/mol. The molecule has 10 heavy (non-hydrogen) atoms. The van der Waals surface area contributed by atoms with Crippen LogP contribution in [0.5, 0.6) is 0 Å². The normalized spacial score (nSPS) is 6.60. The second-order valence-electron chi connectivity index (χ2n) is 1.75. The summed E-state index contributed by atoms with van der Waals surface area (Å²) in [6.45, 7) is 17.0. The highest BCUT2D eigenvalue weighted by atomic mass is 14.7. The molecule has 0 aromatic rings. The van der Waals surface area contributed by atoms with E-state index in [1.165, 1.54) is 0 Å². The van der Waals surface area contributed by atoms with Gasteiger partial charge in [-0.05, 0) is 19.9 Å². The van der Waals surface area contributed by atoms with E-state index in [1.807, 2.05) is 13.8 Å². The second kappa shape index (κ2) is 7.89. The number of nitrogens with zero attached hydrogens (tertiary/aromatic N) is 1. The van der Waals surface area contributed by atoms with Crippen molar-refractivity contribution < 1.29 is 0 Å². The van der Waals surface area contributed by atoms with Crippen LogP contribution in [0.25, 0.3) is 0 Å². The zero-order valence-electron chi connectivity index (χ0n) is 6.85. The van der Waals surface area contributed by atoms with E-state index in [0.717, 1.165) is 11.4 Å². The molecule has 0 rings (SSSR count). The third-order valence-corrected chi connectivity index (χ3v) is 0.603. The summed E-state index contributed by atoms with van der Waals surface area (Å²) in [7, 11) is 0. The van der Waals surface area contributed by atoms with E-state index in [0.29, 0.717) is 0 Å². The van der Waals surface area contributed by atoms with Crippen molar-refractivity contribution in [2.45, 2.75) is 13.8 Å². The molecule has 0 aromatic carbocycles. The van der Waals surface area contributed by atoms with E-state index in [-0.39, 0.29) is 0 Å². The Morgan fingerprint density at radius 3 is 1.80 bits per heavy atom. The highest BCUT2D eigenvalue weighted by Crippen LogP contribution is 1.92. The summed E-state index contributed by atoms with van der Waals surface area (Å²) in [4.78, 5) is 4.00. The molecule has 0 bridgehead atoms. The van der Waals surface area contributed by atoms with Gasteiger partial charge in [-0.15, -0.1) is 13.2 Å². The van der Waals surface area contributed by atoms with Gasteiger partial charge in [0.15, 0.2) is 0 Å². The quantitative estimate of drug-likeness (QED) is 0.315. The Hall–Kier alpha value is -1.11. The average molecular weight is 137 g/mol. The molecule has 1 nitrogen and oxygen atoms in total. The Morgan fingerprint density at radius 2 is 1.70 bits per heavy atom. The van der Waals surface area contributed by atoms with Gasteiger partial charge < -0.3 is 0 Å². The van der Waals surface area contributed by atoms with Gasteiger partial charge in [0.1, 0.15) is 0 Å². The fraction of sp³-hybridized carbons (Fsp3) is 0.222. The largest absolute Gasteiger partial charge is 0.259 e. The molecule has 1 heteroatoms. The van der Waals surface area contributed by atoms with Crippen molar-refractivity contribution in [1.82, 2.24) is 0 Å². The molecule has 0 N–H and O–H groups in total. The van der Waals surface area contributed by atoms with Crippen molar-refractivity contribution in [3.63, 3.8) is 0 Å². The van der Waals surface area contributed by atoms with Crippen LogP contribution in [0.15, 0.2) is 43.1 Å². The van der Waals surface area contributed by atoms with Crippen LogP contribution in [0.2, 0.25) is 0 Å². The topological polar surface area (TPSA) is 12.4 Å². The van der Waals surface area contributed by atoms with Crippen LogP contribution in [-0.2, 0) is 0 Å². The molecule has 0 aromatic heterocycles. The van der Waals surface area contributed by atoms with Gasteiger partial charge >= 0.3 is 0 Å². The molecule has 0 aliphatic rings. The molecule has 0 unspecified atom stereocenters. The summed E-state index contributed by atoms with van der Waals surface area (Å²) < 4.78 is 0. The fourth-order valence-electron chi connectivity index (χ4n) is 0.333. The van der Waals surface area contributed by atoms with Crippen molar-refractivity contribution in [2.75, 3.05) is 0 Å². The summed E-state index contributed by atoms with van der Waals surface area (Å²) in [6, 6.07) is 0. The van der Waals surface area contributed by atoms with Gasteiger partial charge in [0.2, 0.25) is 0 Å². The zero-order chi connectivity index (χ0) is 8.57. The number of aliphatic imine (C=N–C) groups is 1. The van der Waals surface area contributed by atoms with Crippen molar-refractivity contribution >= 4 is 5.71 Å². The molecule has 0 atom stereocenters. The van der Waals surface area contributed by atoms with E-state index >= 15 is 0 Å². The summed E-state index contributed by atoms with van der Waals surface area (Å²) >= 11 is 0. The van der Waals surface area contributed by atoms with Crippen LogP contribution in [0.3, 0.4) is 0 Å². The Kier molecular flexibility index (Phi) is 9.20. The molecule has 0 amide bonds. The highest BCUT2D eigenvalue weighted by Gasteiger charge is 1.77. The van der Waals surface area contributed by atoms with Crippen LogP contribution in [-0.4, -0.2) is 5.71 Å². The minimum atomic E-state index is 0.727. The molecule has 0 heterocycles. The van der Waals surface area contributed by atoms with Gasteiger partial charge in [-0.3, -0.25) is 4.99 Å². The Balaban J connectivity index is 0. The third-order valence-electron chi connectivity index (χ3n) is 0.603. The first kappa shape index (κ1) is 11.7. The molecule has 56 valence electrons. The SMILES string of the molecule is C=C.C=CC(=C)N=C(C)C. The van der Waals surface area contributed by atoms with Gasteiger partial charge in [0.05, 0.1) is 5.70 Å². The Morgan fingerprint density at radius 1 is 1.30 bits per heavy atom. The average Bonchev–Trinajstić information content (AvgIpc) is 1.91. The smallest absolute Gasteiger partial charge is 0.0551 e. The molecule has 0 saturated heterocycles. The molecule has 0 saturated carbocycles. The van der Waals surface area contributed by atoms with Crippen molar-refractivity contribution in [2.24, 2.45) is 4.99 Å². The fourth-order valence-corrected chi connectivity index (χ4v) is 0.333. The highest BCUT2D eigenvalue weighted by molar-refractivity contribution is 5.80. The lowest BCUT2D eigenvalue weighted by atomic mass is 10.4. The van der Waals surface area contributed by atoms with Crippen LogP contribution in [0.1, 0.15) is 13.8 Å². The molecule has 0 radical (unpaired) electrons. The summed E-state index contributed by atoms with van der Waals surface area (Å²) in [6.07, 6.45) is 1.63. The first-order valence-electron chi connectivity index (χ1n) is 3.00. The predicted octanol–water partition coefficient (Wildman–Crippen LogP) is 2.97. The first-order valence-corrected chi connectivity index (χ1v) is 3.00. The van der Waals surface area contributed by atoms with E-state index in [4.69, 9.17) is 0 Å². The summed E-state index contributed by atoms with van der Waals surface area (Å²) in [5.74, 6) is 0. The standard InChI is InChI=1S/C7H11N.C2H4/c1-5-7(4)8-6(2)3;1-2/h5H,1,4H2,2-3H3;1-2H2. The van der Waals surface area contributed by atoms with Gasteiger partial charge in [-0.25, -0.2) is 0 Å². The van der Waals surface area contributed by atoms with Crippen LogP contribution in [0.4, 0.5) is 0 Å². The number of hydrogen-bond donors (Lipinski definition) is 0. The summed E-state index contributed by atoms with van der Waals surface area (Å²) in [5.41, 5.74) is 1.74. The molecule has 0 spiro atoms. The Bertz CT molecular complexity index is 139. The van der Waals surface area contributed by atoms with E-state index in [1.54, 1.807) is 6.08 Å². The third kappa shape index (κ3) is 10.00. The first-order chi connectivity index (χ1) is 4.66. The molecule has 0 fully saturated rings. The molecular formula is C9H15N. The van der Waals surface area contributed by atoms with E-state index < -0.39 is 0 Å². The lowest BCUT2D eigenvalue weighted by Crippen LogP contribution is -1.79. The number of rotatable bonds is 2. The number of hydrogen-bond acceptors (Lipinski definition) is 1. The number of allylic oxidation sites excluding steroid dienone is 1. The van der Waals surface area contributed by atoms with Crippen LogP contribution >= 0.6 is 0 Å².